The third-order valence-electron chi connectivity index (χ3n) is 4.53. The summed E-state index contributed by atoms with van der Waals surface area (Å²) in [6.07, 6.45) is 3.46. The van der Waals surface area contributed by atoms with E-state index in [1.54, 1.807) is 0 Å². The van der Waals surface area contributed by atoms with Crippen molar-refractivity contribution in [3.63, 3.8) is 0 Å². The number of hydrogen-bond acceptors (Lipinski definition) is 3. The molecule has 1 heterocycles. The van der Waals surface area contributed by atoms with Crippen LogP contribution in [0.4, 0.5) is 0 Å². The molecule has 1 aromatic carbocycles. The normalized spacial score (nSPS) is 16.8. The van der Waals surface area contributed by atoms with Crippen molar-refractivity contribution in [3.8, 4) is 0 Å². The van der Waals surface area contributed by atoms with Crippen LogP contribution < -0.4 is 10.6 Å². The first-order valence-electron chi connectivity index (χ1n) is 9.17. The molecule has 25 heavy (non-hydrogen) atoms. The Balaban J connectivity index is 0.00000312. The molecule has 0 radical (unpaired) electrons. The van der Waals surface area contributed by atoms with Crippen molar-refractivity contribution in [1.82, 2.24) is 20.4 Å². The Kier molecular flexibility index (Phi) is 11.9. The fourth-order valence-corrected chi connectivity index (χ4v) is 3.02. The van der Waals surface area contributed by atoms with E-state index in [2.05, 4.69) is 62.8 Å². The number of halogens is 1. The first-order chi connectivity index (χ1) is 11.8. The summed E-state index contributed by atoms with van der Waals surface area (Å²) in [5.41, 5.74) is 1.35. The number of rotatable bonds is 7. The van der Waals surface area contributed by atoms with E-state index in [-0.39, 0.29) is 24.0 Å². The van der Waals surface area contributed by atoms with Crippen LogP contribution in [0, 0.1) is 0 Å². The number of nitrogens with one attached hydrogen (secondary N) is 2. The maximum atomic E-state index is 4.30. The van der Waals surface area contributed by atoms with Crippen LogP contribution in [0.25, 0.3) is 0 Å². The molecule has 1 aliphatic heterocycles. The minimum Gasteiger partial charge on any atom is -0.356 e. The SMILES string of the molecule is CN=C(NCCCN1CCCN(C)CC1)NCCc1ccccc1.I. The Morgan fingerprint density at radius 3 is 2.56 bits per heavy atom. The minimum absolute atomic E-state index is 0. The van der Waals surface area contributed by atoms with Gasteiger partial charge in [-0.3, -0.25) is 4.99 Å². The molecule has 142 valence electrons. The molecule has 0 aliphatic carbocycles. The van der Waals surface area contributed by atoms with Gasteiger partial charge in [0.2, 0.25) is 0 Å². The van der Waals surface area contributed by atoms with Crippen LogP contribution in [-0.2, 0) is 6.42 Å². The molecule has 0 spiro atoms. The quantitative estimate of drug-likeness (QED) is 0.284. The Labute approximate surface area is 170 Å². The van der Waals surface area contributed by atoms with Crippen LogP contribution >= 0.6 is 24.0 Å². The van der Waals surface area contributed by atoms with Crippen LogP contribution in [0.3, 0.4) is 0 Å². The van der Waals surface area contributed by atoms with Crippen LogP contribution in [0.1, 0.15) is 18.4 Å². The first kappa shape index (κ1) is 22.2. The van der Waals surface area contributed by atoms with E-state index in [1.165, 1.54) is 44.7 Å². The number of likely N-dealkylation sites (N-methyl/N-ethyl adjacent to an activating group) is 1. The number of guanidine groups is 1. The predicted octanol–water partition coefficient (Wildman–Crippen LogP) is 2.04. The van der Waals surface area contributed by atoms with E-state index in [9.17, 15) is 0 Å². The molecule has 1 saturated heterocycles. The topological polar surface area (TPSA) is 42.9 Å². The number of aliphatic imine (C=N–C) groups is 1. The second-order valence-electron chi connectivity index (χ2n) is 6.51. The van der Waals surface area contributed by atoms with Gasteiger partial charge < -0.3 is 20.4 Å². The van der Waals surface area contributed by atoms with Gasteiger partial charge in [0.1, 0.15) is 0 Å². The zero-order valence-corrected chi connectivity index (χ0v) is 18.0. The van der Waals surface area contributed by atoms with E-state index in [0.717, 1.165) is 31.9 Å². The van der Waals surface area contributed by atoms with Crippen LogP contribution in [0.2, 0.25) is 0 Å². The lowest BCUT2D eigenvalue weighted by molar-refractivity contribution is 0.274. The van der Waals surface area contributed by atoms with Gasteiger partial charge in [0, 0.05) is 33.2 Å². The standard InChI is InChI=1S/C19H33N5.HI/c1-20-19(22-12-10-18-8-4-3-5-9-18)21-11-6-14-24-15-7-13-23(2)16-17-24;/h3-5,8-9H,6-7,10-17H2,1-2H3,(H2,20,21,22);1H. The molecule has 0 aromatic heterocycles. The van der Waals surface area contributed by atoms with Gasteiger partial charge in [-0.15, -0.1) is 24.0 Å². The highest BCUT2D eigenvalue weighted by molar-refractivity contribution is 14.0. The van der Waals surface area contributed by atoms with Crippen molar-refractivity contribution >= 4 is 29.9 Å². The van der Waals surface area contributed by atoms with Gasteiger partial charge in [-0.2, -0.15) is 0 Å². The summed E-state index contributed by atoms with van der Waals surface area (Å²) in [4.78, 5) is 9.31. The molecule has 0 amide bonds. The maximum absolute atomic E-state index is 4.30. The summed E-state index contributed by atoms with van der Waals surface area (Å²) in [7, 11) is 4.05. The predicted molar refractivity (Wildman–Crippen MR) is 118 cm³/mol. The molecule has 0 atom stereocenters. The number of nitrogens with zero attached hydrogens (tertiary/aromatic N) is 3. The lowest BCUT2D eigenvalue weighted by atomic mass is 10.1. The highest BCUT2D eigenvalue weighted by Gasteiger charge is 2.11. The molecule has 0 saturated carbocycles. The zero-order chi connectivity index (χ0) is 17.0. The molecule has 5 nitrogen and oxygen atoms in total. The van der Waals surface area contributed by atoms with Crippen LogP contribution in [0.15, 0.2) is 35.3 Å². The molecule has 2 N–H and O–H groups in total. The molecular weight excluding hydrogens is 425 g/mol. The van der Waals surface area contributed by atoms with Gasteiger partial charge in [-0.05, 0) is 51.5 Å². The Morgan fingerprint density at radius 2 is 1.80 bits per heavy atom. The van der Waals surface area contributed by atoms with Crippen LogP contribution in [-0.4, -0.2) is 75.7 Å². The van der Waals surface area contributed by atoms with Crippen molar-refractivity contribution in [1.29, 1.82) is 0 Å². The second-order valence-corrected chi connectivity index (χ2v) is 6.51. The van der Waals surface area contributed by atoms with Gasteiger partial charge in [0.25, 0.3) is 0 Å². The lowest BCUT2D eigenvalue weighted by Gasteiger charge is -2.20. The summed E-state index contributed by atoms with van der Waals surface area (Å²) >= 11 is 0. The van der Waals surface area contributed by atoms with Gasteiger partial charge >= 0.3 is 0 Å². The Morgan fingerprint density at radius 1 is 1.04 bits per heavy atom. The highest BCUT2D eigenvalue weighted by Crippen LogP contribution is 2.01. The maximum Gasteiger partial charge on any atom is 0.190 e. The molecule has 1 fully saturated rings. The van der Waals surface area contributed by atoms with Gasteiger partial charge in [-0.25, -0.2) is 0 Å². The lowest BCUT2D eigenvalue weighted by Crippen LogP contribution is -2.39. The zero-order valence-electron chi connectivity index (χ0n) is 15.7. The molecule has 0 unspecified atom stereocenters. The largest absolute Gasteiger partial charge is 0.356 e. The molecule has 1 aromatic rings. The van der Waals surface area contributed by atoms with E-state index < -0.39 is 0 Å². The van der Waals surface area contributed by atoms with Crippen molar-refractivity contribution in [3.05, 3.63) is 35.9 Å². The smallest absolute Gasteiger partial charge is 0.190 e. The summed E-state index contributed by atoms with van der Waals surface area (Å²) in [6.45, 7) is 7.89. The van der Waals surface area contributed by atoms with Crippen molar-refractivity contribution < 1.29 is 0 Å². The fraction of sp³-hybridized carbons (Fsp3) is 0.632. The van der Waals surface area contributed by atoms with Crippen molar-refractivity contribution in [2.24, 2.45) is 4.99 Å². The van der Waals surface area contributed by atoms with Crippen molar-refractivity contribution in [2.45, 2.75) is 19.3 Å². The Hall–Kier alpha value is -0.860. The second kappa shape index (κ2) is 13.4. The molecule has 6 heteroatoms. The summed E-state index contributed by atoms with van der Waals surface area (Å²) < 4.78 is 0. The average Bonchev–Trinajstić information content (AvgIpc) is 2.82. The molecule has 1 aliphatic rings. The van der Waals surface area contributed by atoms with Gasteiger partial charge in [-0.1, -0.05) is 30.3 Å². The first-order valence-corrected chi connectivity index (χ1v) is 9.17. The van der Waals surface area contributed by atoms with Gasteiger partial charge in [0.05, 0.1) is 0 Å². The molecular formula is C19H34IN5. The summed E-state index contributed by atoms with van der Waals surface area (Å²) in [5, 5.41) is 6.81. The Bertz CT molecular complexity index is 480. The van der Waals surface area contributed by atoms with Crippen molar-refractivity contribution in [2.75, 3.05) is 59.9 Å². The minimum atomic E-state index is 0. The van der Waals surface area contributed by atoms with E-state index in [0.29, 0.717) is 0 Å². The van der Waals surface area contributed by atoms with Crippen LogP contribution in [0.5, 0.6) is 0 Å². The average molecular weight is 459 g/mol. The van der Waals surface area contributed by atoms with E-state index >= 15 is 0 Å². The third kappa shape index (κ3) is 9.42. The van der Waals surface area contributed by atoms with E-state index in [1.807, 2.05) is 7.05 Å². The van der Waals surface area contributed by atoms with Gasteiger partial charge in [0.15, 0.2) is 5.96 Å². The molecule has 2 rings (SSSR count). The number of hydrogen-bond donors (Lipinski definition) is 2. The summed E-state index contributed by atoms with van der Waals surface area (Å²) in [6, 6.07) is 10.6. The van der Waals surface area contributed by atoms with E-state index in [4.69, 9.17) is 0 Å². The summed E-state index contributed by atoms with van der Waals surface area (Å²) in [5.74, 6) is 0.904. The third-order valence-corrected chi connectivity index (χ3v) is 4.53. The monoisotopic (exact) mass is 459 g/mol. The highest BCUT2D eigenvalue weighted by atomic mass is 127. The molecule has 0 bridgehead atoms. The number of benzene rings is 1. The fourth-order valence-electron chi connectivity index (χ4n) is 3.02.